The lowest BCUT2D eigenvalue weighted by molar-refractivity contribution is -0.126. The molecule has 2 amide bonds. The average molecular weight is 540 g/mol. The zero-order valence-corrected chi connectivity index (χ0v) is 21.3. The molecule has 0 saturated heterocycles. The normalized spacial score (nSPS) is 14.3. The zero-order chi connectivity index (χ0) is 26.2. The molecule has 4 aromatic rings. The highest BCUT2D eigenvalue weighted by atomic mass is 32.2. The lowest BCUT2D eigenvalue weighted by Gasteiger charge is -2.12. The van der Waals surface area contributed by atoms with E-state index < -0.39 is 26.8 Å². The van der Waals surface area contributed by atoms with Crippen molar-refractivity contribution >= 4 is 43.2 Å². The summed E-state index contributed by atoms with van der Waals surface area (Å²) in [7, 11) is -3.94. The van der Waals surface area contributed by atoms with E-state index in [9.17, 15) is 18.0 Å². The van der Waals surface area contributed by atoms with Crippen LogP contribution in [0.1, 0.15) is 23.1 Å². The van der Waals surface area contributed by atoms with Crippen LogP contribution in [0.15, 0.2) is 54.9 Å². The summed E-state index contributed by atoms with van der Waals surface area (Å²) in [6, 6.07) is 12.2. The van der Waals surface area contributed by atoms with E-state index in [0.29, 0.717) is 16.1 Å². The summed E-state index contributed by atoms with van der Waals surface area (Å²) in [5, 5.41) is 3.46. The largest absolute Gasteiger partial charge is 0.352 e. The number of benzene rings is 2. The number of nitrogens with one attached hydrogen (secondary N) is 2. The van der Waals surface area contributed by atoms with Crippen molar-refractivity contribution in [1.29, 1.82) is 0 Å². The number of aromatic nitrogens is 3. The van der Waals surface area contributed by atoms with Crippen molar-refractivity contribution in [2.75, 3.05) is 12.8 Å². The van der Waals surface area contributed by atoms with Crippen LogP contribution in [0, 0.1) is 5.82 Å². The molecule has 1 aliphatic carbocycles. The van der Waals surface area contributed by atoms with Crippen LogP contribution in [0.2, 0.25) is 0 Å². The van der Waals surface area contributed by atoms with E-state index in [1.54, 1.807) is 0 Å². The first-order valence-electron chi connectivity index (χ1n) is 11.4. The van der Waals surface area contributed by atoms with Gasteiger partial charge in [0, 0.05) is 47.4 Å². The second-order valence-corrected chi connectivity index (χ2v) is 12.0. The molecule has 12 heteroatoms. The summed E-state index contributed by atoms with van der Waals surface area (Å²) in [6.45, 7) is -0.343. The molecule has 5 rings (SSSR count). The Hall–Kier alpha value is -3.77. The molecule has 0 spiro atoms. The fraction of sp³-hybridized carbons (Fsp3) is 0.240. The molecule has 2 heterocycles. The van der Waals surface area contributed by atoms with Crippen molar-refractivity contribution in [2.45, 2.75) is 24.1 Å². The Kier molecular flexibility index (Phi) is 6.69. The molecule has 190 valence electrons. The smallest absolute Gasteiger partial charge is 0.245 e. The molecule has 0 radical (unpaired) electrons. The minimum Gasteiger partial charge on any atom is -0.352 e. The van der Waals surface area contributed by atoms with E-state index in [1.165, 1.54) is 24.5 Å². The highest BCUT2D eigenvalue weighted by Gasteiger charge is 2.34. The van der Waals surface area contributed by atoms with Gasteiger partial charge in [-0.2, -0.15) is 0 Å². The second kappa shape index (κ2) is 9.94. The number of hydrogen-bond donors (Lipinski definition) is 2. The lowest BCUT2D eigenvalue weighted by Crippen LogP contribution is -2.41. The van der Waals surface area contributed by atoms with E-state index >= 15 is 4.39 Å². The van der Waals surface area contributed by atoms with E-state index in [-0.39, 0.29) is 34.6 Å². The monoisotopic (exact) mass is 539 g/mol. The summed E-state index contributed by atoms with van der Waals surface area (Å²) < 4.78 is 40.5. The van der Waals surface area contributed by atoms with Crippen LogP contribution in [0.3, 0.4) is 0 Å². The van der Waals surface area contributed by atoms with Crippen molar-refractivity contribution in [3.8, 4) is 22.5 Å². The minimum absolute atomic E-state index is 0.00942. The minimum atomic E-state index is -3.94. The van der Waals surface area contributed by atoms with Crippen molar-refractivity contribution in [3.63, 3.8) is 0 Å². The summed E-state index contributed by atoms with van der Waals surface area (Å²) in [6.07, 6.45) is 5.73. The van der Waals surface area contributed by atoms with Gasteiger partial charge in [0.05, 0.1) is 16.8 Å². The number of rotatable bonds is 8. The molecule has 1 saturated carbocycles. The first-order valence-corrected chi connectivity index (χ1v) is 14.2. The molecule has 0 bridgehead atoms. The fourth-order valence-electron chi connectivity index (χ4n) is 3.76. The van der Waals surface area contributed by atoms with E-state index in [0.717, 1.165) is 36.0 Å². The molecule has 0 aliphatic heterocycles. The molecule has 37 heavy (non-hydrogen) atoms. The number of hydrogen-bond acceptors (Lipinski definition) is 8. The predicted octanol–water partition coefficient (Wildman–Crippen LogP) is 3.04. The number of halogens is 1. The van der Waals surface area contributed by atoms with Gasteiger partial charge in [-0.15, -0.1) is 11.3 Å². The Morgan fingerprint density at radius 3 is 2.46 bits per heavy atom. The van der Waals surface area contributed by atoms with Crippen LogP contribution < -0.4 is 10.6 Å². The molecule has 2 aromatic carbocycles. The Labute approximate surface area is 216 Å². The second-order valence-electron chi connectivity index (χ2n) is 8.78. The molecule has 1 fully saturated rings. The van der Waals surface area contributed by atoms with Gasteiger partial charge >= 0.3 is 0 Å². The maximum Gasteiger partial charge on any atom is 0.245 e. The fourth-order valence-corrected chi connectivity index (χ4v) is 6.29. The van der Waals surface area contributed by atoms with Crippen LogP contribution in [0.25, 0.3) is 32.7 Å². The van der Waals surface area contributed by atoms with Crippen molar-refractivity contribution in [3.05, 3.63) is 65.7 Å². The van der Waals surface area contributed by atoms with Gasteiger partial charge in [-0.1, -0.05) is 30.3 Å². The summed E-state index contributed by atoms with van der Waals surface area (Å²) in [5.74, 6) is -1.34. The Balaban J connectivity index is 1.41. The van der Waals surface area contributed by atoms with Crippen LogP contribution >= 0.6 is 11.3 Å². The molecule has 9 nitrogen and oxygen atoms in total. The van der Waals surface area contributed by atoms with Crippen LogP contribution in [0.4, 0.5) is 4.39 Å². The van der Waals surface area contributed by atoms with E-state index in [1.807, 2.05) is 30.3 Å². The van der Waals surface area contributed by atoms with Crippen LogP contribution in [-0.4, -0.2) is 54.0 Å². The van der Waals surface area contributed by atoms with Crippen LogP contribution in [0.5, 0.6) is 0 Å². The maximum atomic E-state index is 15.0. The van der Waals surface area contributed by atoms with E-state index in [4.69, 9.17) is 0 Å². The molecule has 2 N–H and O–H groups in total. The van der Waals surface area contributed by atoms with Crippen molar-refractivity contribution in [2.24, 2.45) is 0 Å². The van der Waals surface area contributed by atoms with Gasteiger partial charge < -0.3 is 10.6 Å². The lowest BCUT2D eigenvalue weighted by atomic mass is 10.1. The van der Waals surface area contributed by atoms with E-state index in [2.05, 4.69) is 25.6 Å². The van der Waals surface area contributed by atoms with Gasteiger partial charge in [-0.05, 0) is 18.9 Å². The predicted molar refractivity (Wildman–Crippen MR) is 138 cm³/mol. The van der Waals surface area contributed by atoms with Gasteiger partial charge in [0.2, 0.25) is 11.8 Å². The standard InChI is InChI=1S/C25H22FN5O4S2/c1-37(34,35)22(24(33)29-13-21(32)30-16-7-8-16)25-31-19-10-18(26)17(9-20(19)36-25)15-11-27-23(28-12-15)14-5-3-2-4-6-14/h2-6,9-12,16,22H,7-8,13H2,1H3,(H,29,33)(H,30,32). The molecular weight excluding hydrogens is 517 g/mol. The summed E-state index contributed by atoms with van der Waals surface area (Å²) in [5.41, 5.74) is 1.70. The zero-order valence-electron chi connectivity index (χ0n) is 19.6. The average Bonchev–Trinajstić information content (AvgIpc) is 3.59. The number of fused-ring (bicyclic) bond motifs is 1. The third-order valence-corrected chi connectivity index (χ3v) is 8.27. The molecule has 1 atom stereocenters. The number of amides is 2. The SMILES string of the molecule is CS(=O)(=O)C(C(=O)NCC(=O)NC1CC1)c1nc2cc(F)c(-c3cnc(-c4ccccc4)nc3)cc2s1. The number of carbonyl (C=O) groups excluding carboxylic acids is 2. The topological polar surface area (TPSA) is 131 Å². The Bertz CT molecular complexity index is 1590. The molecule has 2 aromatic heterocycles. The van der Waals surface area contributed by atoms with Crippen molar-refractivity contribution < 1.29 is 22.4 Å². The molecular formula is C25H22FN5O4S2. The molecule has 1 aliphatic rings. The number of sulfone groups is 1. The molecule has 1 unspecified atom stereocenters. The van der Waals surface area contributed by atoms with Crippen molar-refractivity contribution in [1.82, 2.24) is 25.6 Å². The first kappa shape index (κ1) is 24.9. The number of nitrogens with zero attached hydrogens (tertiary/aromatic N) is 3. The highest BCUT2D eigenvalue weighted by molar-refractivity contribution is 7.91. The van der Waals surface area contributed by atoms with Gasteiger partial charge in [0.1, 0.15) is 10.8 Å². The maximum absolute atomic E-state index is 15.0. The van der Waals surface area contributed by atoms with Gasteiger partial charge in [-0.3, -0.25) is 9.59 Å². The Morgan fingerprint density at radius 1 is 1.11 bits per heavy atom. The third kappa shape index (κ3) is 5.65. The summed E-state index contributed by atoms with van der Waals surface area (Å²) >= 11 is 0.974. The Morgan fingerprint density at radius 2 is 1.81 bits per heavy atom. The number of thiazole rings is 1. The first-order chi connectivity index (χ1) is 17.7. The third-order valence-electron chi connectivity index (χ3n) is 5.74. The van der Waals surface area contributed by atoms with Gasteiger partial charge in [0.25, 0.3) is 0 Å². The number of carbonyl (C=O) groups is 2. The summed E-state index contributed by atoms with van der Waals surface area (Å²) in [4.78, 5) is 37.6. The quantitative estimate of drug-likeness (QED) is 0.352. The highest BCUT2D eigenvalue weighted by Crippen LogP contribution is 2.35. The van der Waals surface area contributed by atoms with Gasteiger partial charge in [-0.25, -0.2) is 27.8 Å². The van der Waals surface area contributed by atoms with Gasteiger partial charge in [0.15, 0.2) is 20.9 Å². The van der Waals surface area contributed by atoms with Crippen LogP contribution in [-0.2, 0) is 19.4 Å².